The van der Waals surface area contributed by atoms with Crippen molar-refractivity contribution in [3.8, 4) is 22.3 Å². The van der Waals surface area contributed by atoms with E-state index in [0.29, 0.717) is 11.1 Å². The van der Waals surface area contributed by atoms with Gasteiger partial charge in [0.25, 0.3) is 0 Å². The van der Waals surface area contributed by atoms with Crippen LogP contribution in [0.4, 0.5) is 17.1 Å². The van der Waals surface area contributed by atoms with Crippen molar-refractivity contribution in [2.24, 2.45) is 0 Å². The average molecular weight is 621 g/mol. The second-order valence-corrected chi connectivity index (χ2v) is 12.3. The summed E-state index contributed by atoms with van der Waals surface area (Å²) in [5.41, 5.74) is 11.7. The molecular weight excluding hydrogens is 590 g/mol. The highest BCUT2D eigenvalue weighted by atomic mass is 79.9. The number of para-hydroxylation sites is 1. The second-order valence-electron chi connectivity index (χ2n) is 11.5. The Hall–Kier alpha value is -4.73. The topological polar surface area (TPSA) is 20.3 Å². The van der Waals surface area contributed by atoms with Crippen molar-refractivity contribution >= 4 is 38.8 Å². The Bertz CT molecular complexity index is 1990. The molecule has 0 fully saturated rings. The molecule has 2 nitrogen and oxygen atoms in total. The predicted octanol–water partition coefficient (Wildman–Crippen LogP) is 11.1. The Kier molecular flexibility index (Phi) is 6.83. The second kappa shape index (κ2) is 10.8. The Labute approximate surface area is 261 Å². The van der Waals surface area contributed by atoms with Crippen molar-refractivity contribution in [2.75, 3.05) is 4.90 Å². The van der Waals surface area contributed by atoms with Gasteiger partial charge in [-0.25, -0.2) is 0 Å². The minimum absolute atomic E-state index is 0.0174. The number of nitrogens with zero attached hydrogens (tertiary/aromatic N) is 1. The lowest BCUT2D eigenvalue weighted by atomic mass is 9.82. The van der Waals surface area contributed by atoms with Crippen LogP contribution >= 0.6 is 15.9 Å². The summed E-state index contributed by atoms with van der Waals surface area (Å²) in [6, 6.07) is 50.1. The van der Waals surface area contributed by atoms with Crippen LogP contribution in [0.2, 0.25) is 0 Å². The fraction of sp³-hybridized carbons (Fsp3) is 0.0750. The average Bonchev–Trinajstić information content (AvgIpc) is 3.28. The molecule has 0 N–H and O–H groups in total. The molecule has 3 heteroatoms. The molecule has 0 amide bonds. The molecule has 0 aromatic heterocycles. The first-order valence-electron chi connectivity index (χ1n) is 14.5. The number of anilines is 3. The maximum Gasteiger partial charge on any atom is 0.194 e. The third kappa shape index (κ3) is 4.70. The Balaban J connectivity index is 1.43. The van der Waals surface area contributed by atoms with E-state index in [-0.39, 0.29) is 11.2 Å². The zero-order valence-electron chi connectivity index (χ0n) is 24.1. The van der Waals surface area contributed by atoms with Gasteiger partial charge in [0, 0.05) is 38.0 Å². The number of benzene rings is 6. The fourth-order valence-electron chi connectivity index (χ4n) is 6.38. The molecule has 0 radical (unpaired) electrons. The van der Waals surface area contributed by atoms with E-state index in [1.54, 1.807) is 0 Å². The molecule has 0 spiro atoms. The zero-order chi connectivity index (χ0) is 29.6. The molecule has 0 saturated carbocycles. The number of carbonyl (C=O) groups is 1. The van der Waals surface area contributed by atoms with E-state index in [9.17, 15) is 4.79 Å². The third-order valence-corrected chi connectivity index (χ3v) is 9.23. The summed E-state index contributed by atoms with van der Waals surface area (Å²) in [6.07, 6.45) is 0. The van der Waals surface area contributed by atoms with E-state index in [1.165, 1.54) is 22.3 Å². The quantitative estimate of drug-likeness (QED) is 0.173. The van der Waals surface area contributed by atoms with Crippen molar-refractivity contribution in [3.63, 3.8) is 0 Å². The first-order chi connectivity index (χ1) is 20.9. The van der Waals surface area contributed by atoms with Crippen molar-refractivity contribution in [1.82, 2.24) is 0 Å². The van der Waals surface area contributed by atoms with Gasteiger partial charge >= 0.3 is 0 Å². The van der Waals surface area contributed by atoms with Gasteiger partial charge in [-0.05, 0) is 70.3 Å². The maximum atomic E-state index is 13.7. The number of halogens is 1. The van der Waals surface area contributed by atoms with E-state index in [1.807, 2.05) is 48.5 Å². The highest BCUT2D eigenvalue weighted by Gasteiger charge is 2.35. The first-order valence-corrected chi connectivity index (χ1v) is 15.3. The highest BCUT2D eigenvalue weighted by molar-refractivity contribution is 9.10. The number of fused-ring (bicyclic) bond motifs is 3. The summed E-state index contributed by atoms with van der Waals surface area (Å²) < 4.78 is 0.789. The van der Waals surface area contributed by atoms with Gasteiger partial charge in [-0.3, -0.25) is 4.79 Å². The Morgan fingerprint density at radius 1 is 0.581 bits per heavy atom. The van der Waals surface area contributed by atoms with Crippen LogP contribution in [0.25, 0.3) is 22.3 Å². The highest BCUT2D eigenvalue weighted by Crippen LogP contribution is 2.51. The van der Waals surface area contributed by atoms with Crippen molar-refractivity contribution in [1.29, 1.82) is 0 Å². The molecule has 0 aliphatic heterocycles. The van der Waals surface area contributed by atoms with Gasteiger partial charge in [0.1, 0.15) is 0 Å². The maximum absolute atomic E-state index is 13.7. The molecule has 0 atom stereocenters. The molecule has 0 bridgehead atoms. The molecule has 7 rings (SSSR count). The summed E-state index contributed by atoms with van der Waals surface area (Å²) >= 11 is 3.57. The van der Waals surface area contributed by atoms with E-state index < -0.39 is 0 Å². The summed E-state index contributed by atoms with van der Waals surface area (Å²) in [5.74, 6) is -0.0174. The van der Waals surface area contributed by atoms with E-state index in [0.717, 1.165) is 32.7 Å². The number of rotatable bonds is 6. The lowest BCUT2D eigenvalue weighted by Crippen LogP contribution is -2.17. The van der Waals surface area contributed by atoms with Gasteiger partial charge in [-0.15, -0.1) is 0 Å². The number of hydrogen-bond donors (Lipinski definition) is 0. The normalized spacial score (nSPS) is 12.8. The van der Waals surface area contributed by atoms with Crippen LogP contribution in [0.1, 0.15) is 40.9 Å². The minimum atomic E-state index is -0.135. The van der Waals surface area contributed by atoms with Crippen LogP contribution in [-0.4, -0.2) is 5.78 Å². The number of ketones is 1. The van der Waals surface area contributed by atoms with Crippen LogP contribution < -0.4 is 4.90 Å². The number of carbonyl (C=O) groups excluding carboxylic acids is 1. The lowest BCUT2D eigenvalue weighted by Gasteiger charge is -2.30. The summed E-state index contributed by atoms with van der Waals surface area (Å²) in [5, 5.41) is 0. The van der Waals surface area contributed by atoms with Gasteiger partial charge in [0.05, 0.1) is 5.69 Å². The molecule has 43 heavy (non-hydrogen) atoms. The molecule has 1 aliphatic carbocycles. The van der Waals surface area contributed by atoms with Gasteiger partial charge in [-0.1, -0.05) is 133 Å². The third-order valence-electron chi connectivity index (χ3n) is 8.54. The smallest absolute Gasteiger partial charge is 0.194 e. The largest absolute Gasteiger partial charge is 0.310 e. The monoisotopic (exact) mass is 619 g/mol. The molecule has 0 heterocycles. The standard InChI is InChI=1S/C40H30BrNO/c1-40(2)35-20-9-6-18-32(35)33-24-23-30(26-36(33)40)42(38-22-11-8-17-31(38)27-13-4-3-5-14-27)29-16-12-15-28(25-29)39(43)34-19-7-10-21-37(34)41/h3-26H,1-2H3. The Morgan fingerprint density at radius 3 is 2.05 bits per heavy atom. The van der Waals surface area contributed by atoms with Crippen LogP contribution in [0.3, 0.4) is 0 Å². The van der Waals surface area contributed by atoms with Crippen LogP contribution in [0.5, 0.6) is 0 Å². The van der Waals surface area contributed by atoms with Gasteiger partial charge in [0.2, 0.25) is 0 Å². The van der Waals surface area contributed by atoms with E-state index in [2.05, 4.69) is 132 Å². The molecule has 1 aliphatic rings. The lowest BCUT2D eigenvalue weighted by molar-refractivity contribution is 0.103. The number of hydrogen-bond acceptors (Lipinski definition) is 2. The molecular formula is C40H30BrNO. The summed E-state index contributed by atoms with van der Waals surface area (Å²) in [6.45, 7) is 4.61. The van der Waals surface area contributed by atoms with Crippen LogP contribution in [0.15, 0.2) is 150 Å². The van der Waals surface area contributed by atoms with E-state index >= 15 is 0 Å². The van der Waals surface area contributed by atoms with Gasteiger partial charge in [-0.2, -0.15) is 0 Å². The SMILES string of the molecule is CC1(C)c2ccccc2-c2ccc(N(c3cccc(C(=O)c4ccccc4Br)c3)c3ccccc3-c3ccccc3)cc21. The van der Waals surface area contributed by atoms with Crippen molar-refractivity contribution in [2.45, 2.75) is 19.3 Å². The predicted molar refractivity (Wildman–Crippen MR) is 182 cm³/mol. The van der Waals surface area contributed by atoms with Gasteiger partial charge in [0.15, 0.2) is 5.78 Å². The van der Waals surface area contributed by atoms with Gasteiger partial charge < -0.3 is 4.90 Å². The van der Waals surface area contributed by atoms with E-state index in [4.69, 9.17) is 0 Å². The molecule has 208 valence electrons. The van der Waals surface area contributed by atoms with Crippen LogP contribution in [0, 0.1) is 0 Å². The molecule has 6 aromatic carbocycles. The minimum Gasteiger partial charge on any atom is -0.310 e. The van der Waals surface area contributed by atoms with Crippen molar-refractivity contribution in [3.05, 3.63) is 172 Å². The van der Waals surface area contributed by atoms with Crippen LogP contribution in [-0.2, 0) is 5.41 Å². The fourth-order valence-corrected chi connectivity index (χ4v) is 6.84. The zero-order valence-corrected chi connectivity index (χ0v) is 25.7. The summed E-state index contributed by atoms with van der Waals surface area (Å²) in [4.78, 5) is 16.0. The van der Waals surface area contributed by atoms with Crippen molar-refractivity contribution < 1.29 is 4.79 Å². The molecule has 0 saturated heterocycles. The first kappa shape index (κ1) is 27.1. The molecule has 6 aromatic rings. The Morgan fingerprint density at radius 2 is 1.23 bits per heavy atom. The summed E-state index contributed by atoms with van der Waals surface area (Å²) in [7, 11) is 0. The molecule has 0 unspecified atom stereocenters.